The third-order valence-electron chi connectivity index (χ3n) is 10.5. The van der Waals surface area contributed by atoms with E-state index in [1.54, 1.807) is 0 Å². The maximum atomic E-state index is 13.5. The molecule has 9 heteroatoms. The quantitative estimate of drug-likeness (QED) is 0.305. The van der Waals surface area contributed by atoms with Crippen molar-refractivity contribution in [1.82, 2.24) is 0 Å². The minimum atomic E-state index is -1.62. The molecule has 0 bridgehead atoms. The molecule has 4 aliphatic rings. The van der Waals surface area contributed by atoms with Crippen molar-refractivity contribution in [2.24, 2.45) is 40.4 Å². The number of rotatable bonds is 6. The Labute approximate surface area is 206 Å². The summed E-state index contributed by atoms with van der Waals surface area (Å²) in [4.78, 5) is 53.5. The molecule has 0 amide bonds. The van der Waals surface area contributed by atoms with Gasteiger partial charge in [0.05, 0.1) is 0 Å². The number of hydrogen-bond acceptors (Lipinski definition) is 8. The number of fused-ring (bicyclic) bond motifs is 5. The Hall–Kier alpha value is -2.19. The summed E-state index contributed by atoms with van der Waals surface area (Å²) in [5.41, 5.74) is -2.20. The number of nitrogens with zero attached hydrogens (tertiary/aromatic N) is 1. The van der Waals surface area contributed by atoms with E-state index in [2.05, 4.69) is 6.92 Å². The van der Waals surface area contributed by atoms with Gasteiger partial charge in [-0.2, -0.15) is 0 Å². The van der Waals surface area contributed by atoms with Gasteiger partial charge in [-0.1, -0.05) is 20.8 Å². The fourth-order valence-corrected chi connectivity index (χ4v) is 9.12. The molecule has 9 nitrogen and oxygen atoms in total. The summed E-state index contributed by atoms with van der Waals surface area (Å²) in [7, 11) is 0. The van der Waals surface area contributed by atoms with Gasteiger partial charge in [0.15, 0.2) is 12.2 Å². The number of esters is 2. The molecule has 9 atom stereocenters. The first-order chi connectivity index (χ1) is 16.3. The molecular weight excluding hydrogens is 454 g/mol. The number of ketones is 1. The Balaban J connectivity index is 1.62. The molecule has 0 unspecified atom stereocenters. The number of carbonyl (C=O) groups is 3. The van der Waals surface area contributed by atoms with Crippen molar-refractivity contribution in [2.45, 2.75) is 97.7 Å². The molecule has 0 saturated heterocycles. The van der Waals surface area contributed by atoms with E-state index in [-0.39, 0.29) is 29.3 Å². The second kappa shape index (κ2) is 9.04. The van der Waals surface area contributed by atoms with E-state index in [0.29, 0.717) is 30.6 Å². The summed E-state index contributed by atoms with van der Waals surface area (Å²) in [5.74, 6) is -0.294. The maximum Gasteiger partial charge on any atom is 0.303 e. The van der Waals surface area contributed by atoms with E-state index in [4.69, 9.17) is 14.3 Å². The van der Waals surface area contributed by atoms with Crippen molar-refractivity contribution in [3.63, 3.8) is 0 Å². The Morgan fingerprint density at radius 2 is 1.69 bits per heavy atom. The first-order valence-electron chi connectivity index (χ1n) is 13.0. The molecule has 35 heavy (non-hydrogen) atoms. The topological polar surface area (TPSA) is 122 Å². The predicted octanol–water partition coefficient (Wildman–Crippen LogP) is 4.29. The van der Waals surface area contributed by atoms with E-state index in [1.807, 2.05) is 13.8 Å². The van der Waals surface area contributed by atoms with Gasteiger partial charge in [0, 0.05) is 19.3 Å². The molecule has 0 spiro atoms. The van der Waals surface area contributed by atoms with Crippen molar-refractivity contribution < 1.29 is 33.8 Å². The summed E-state index contributed by atoms with van der Waals surface area (Å²) < 4.78 is 10.6. The molecule has 196 valence electrons. The first-order valence-corrected chi connectivity index (χ1v) is 13.0. The van der Waals surface area contributed by atoms with Crippen molar-refractivity contribution >= 4 is 17.7 Å². The molecule has 0 N–H and O–H groups in total. The SMILES string of the molecule is CC(=O)OCC(=O)[C@@]1(O[N+](=O)[O-])[C@@H](C)C[C@H]2[C@@H]3CC[C@H]4C[C@@H](OC(C)=O)CC[C@]4(C)[C@H]3CC[C@@]21C. The standard InChI is InChI=1S/C26H39NO8/c1-15-12-22-20-7-6-18-13-19(34-17(3)29)8-10-24(18,4)21(20)9-11-25(22,5)26(15,35-27(31)32)23(30)14-33-16(2)28/h15,18-22H,6-14H2,1-5H3/t15-,18-,19-,20+,21-,22-,24-,25-,26-/m0/s1. The van der Waals surface area contributed by atoms with Crippen LogP contribution in [0.25, 0.3) is 0 Å². The normalized spacial score (nSPS) is 44.3. The third-order valence-corrected chi connectivity index (χ3v) is 10.5. The summed E-state index contributed by atoms with van der Waals surface area (Å²) in [6.07, 6.45) is 6.97. The number of Topliss-reactive ketones (excluding diaryl/α,β-unsaturated/α-hetero) is 1. The molecule has 0 aliphatic heterocycles. The summed E-state index contributed by atoms with van der Waals surface area (Å²) >= 11 is 0. The van der Waals surface area contributed by atoms with Crippen molar-refractivity contribution in [3.8, 4) is 0 Å². The van der Waals surface area contributed by atoms with Gasteiger partial charge in [0.1, 0.15) is 6.10 Å². The van der Waals surface area contributed by atoms with Crippen LogP contribution in [0.15, 0.2) is 0 Å². The van der Waals surface area contributed by atoms with Crippen LogP contribution in [-0.2, 0) is 28.7 Å². The highest BCUT2D eigenvalue weighted by Crippen LogP contribution is 2.70. The van der Waals surface area contributed by atoms with Crippen molar-refractivity contribution in [2.75, 3.05) is 6.61 Å². The van der Waals surface area contributed by atoms with Crippen LogP contribution in [0.2, 0.25) is 0 Å². The lowest BCUT2D eigenvalue weighted by Crippen LogP contribution is -2.62. The second-order valence-electron chi connectivity index (χ2n) is 12.0. The van der Waals surface area contributed by atoms with Gasteiger partial charge in [-0.15, -0.1) is 10.1 Å². The molecule has 4 aliphatic carbocycles. The van der Waals surface area contributed by atoms with Gasteiger partial charge in [-0.3, -0.25) is 19.2 Å². The Morgan fingerprint density at radius 1 is 0.971 bits per heavy atom. The zero-order chi connectivity index (χ0) is 25.8. The number of ether oxygens (including phenoxy) is 2. The van der Waals surface area contributed by atoms with E-state index in [1.165, 1.54) is 13.8 Å². The van der Waals surface area contributed by atoms with Gasteiger partial charge >= 0.3 is 11.9 Å². The minimum absolute atomic E-state index is 0.0116. The zero-order valence-electron chi connectivity index (χ0n) is 21.5. The monoisotopic (exact) mass is 493 g/mol. The summed E-state index contributed by atoms with van der Waals surface area (Å²) in [5, 5.41) is 10.8. The van der Waals surface area contributed by atoms with Crippen LogP contribution in [0.1, 0.15) is 86.0 Å². The lowest BCUT2D eigenvalue weighted by Gasteiger charge is -2.61. The second-order valence-corrected chi connectivity index (χ2v) is 12.0. The van der Waals surface area contributed by atoms with Crippen LogP contribution >= 0.6 is 0 Å². The average Bonchev–Trinajstić information content (AvgIpc) is 2.99. The highest BCUT2D eigenvalue weighted by molar-refractivity contribution is 5.91. The highest BCUT2D eigenvalue weighted by Gasteiger charge is 2.71. The van der Waals surface area contributed by atoms with Crippen LogP contribution in [0.5, 0.6) is 0 Å². The zero-order valence-corrected chi connectivity index (χ0v) is 21.5. The number of hydrogen-bond donors (Lipinski definition) is 0. The molecule has 0 radical (unpaired) electrons. The van der Waals surface area contributed by atoms with Gasteiger partial charge in [-0.25, -0.2) is 0 Å². The largest absolute Gasteiger partial charge is 0.463 e. The van der Waals surface area contributed by atoms with E-state index < -0.39 is 34.5 Å². The molecule has 0 aromatic heterocycles. The van der Waals surface area contributed by atoms with Crippen molar-refractivity contribution in [1.29, 1.82) is 0 Å². The molecular formula is C26H39NO8. The molecule has 4 saturated carbocycles. The molecule has 0 heterocycles. The molecule has 4 fully saturated rings. The first kappa shape index (κ1) is 25.9. The number of carbonyl (C=O) groups excluding carboxylic acids is 3. The summed E-state index contributed by atoms with van der Waals surface area (Å²) in [6.45, 7) is 8.41. The van der Waals surface area contributed by atoms with E-state index in [9.17, 15) is 24.5 Å². The van der Waals surface area contributed by atoms with Gasteiger partial charge in [0.2, 0.25) is 5.78 Å². The van der Waals surface area contributed by atoms with Crippen LogP contribution in [-0.4, -0.2) is 41.1 Å². The Kier molecular flexibility index (Phi) is 6.68. The Morgan fingerprint density at radius 3 is 2.31 bits per heavy atom. The van der Waals surface area contributed by atoms with Gasteiger partial charge in [-0.05, 0) is 86.4 Å². The van der Waals surface area contributed by atoms with E-state index >= 15 is 0 Å². The highest BCUT2D eigenvalue weighted by atomic mass is 17.0. The summed E-state index contributed by atoms with van der Waals surface area (Å²) in [6, 6.07) is 0. The van der Waals surface area contributed by atoms with Crippen LogP contribution in [0.3, 0.4) is 0 Å². The molecule has 0 aromatic carbocycles. The van der Waals surface area contributed by atoms with Crippen LogP contribution in [0.4, 0.5) is 0 Å². The fraction of sp³-hybridized carbons (Fsp3) is 0.885. The van der Waals surface area contributed by atoms with Gasteiger partial charge in [0.25, 0.3) is 5.09 Å². The Bertz CT molecular complexity index is 906. The third kappa shape index (κ3) is 4.02. The minimum Gasteiger partial charge on any atom is -0.463 e. The fourth-order valence-electron chi connectivity index (χ4n) is 9.12. The van der Waals surface area contributed by atoms with Gasteiger partial charge < -0.3 is 9.47 Å². The maximum absolute atomic E-state index is 13.5. The molecule has 4 rings (SSSR count). The van der Waals surface area contributed by atoms with Crippen LogP contribution < -0.4 is 0 Å². The molecule has 0 aromatic rings. The average molecular weight is 494 g/mol. The smallest absolute Gasteiger partial charge is 0.303 e. The lowest BCUT2D eigenvalue weighted by molar-refractivity contribution is -0.782. The van der Waals surface area contributed by atoms with Crippen molar-refractivity contribution in [3.05, 3.63) is 10.1 Å². The lowest BCUT2D eigenvalue weighted by atomic mass is 9.44. The van der Waals surface area contributed by atoms with Crippen LogP contribution in [0, 0.1) is 50.5 Å². The predicted molar refractivity (Wildman–Crippen MR) is 124 cm³/mol. The van der Waals surface area contributed by atoms with E-state index in [0.717, 1.165) is 38.5 Å².